The van der Waals surface area contributed by atoms with Crippen LogP contribution in [0.15, 0.2) is 0 Å². The van der Waals surface area contributed by atoms with E-state index in [4.69, 9.17) is 4.74 Å². The van der Waals surface area contributed by atoms with Crippen molar-refractivity contribution in [2.75, 3.05) is 0 Å². The third-order valence-corrected chi connectivity index (χ3v) is 4.32. The van der Waals surface area contributed by atoms with Crippen LogP contribution in [0, 0.1) is 29.6 Å². The fraction of sp³-hybridized carbons (Fsp3) is 0.875. The molecule has 0 saturated heterocycles. The molecule has 0 aromatic heterocycles. The molecule has 0 aromatic rings. The van der Waals surface area contributed by atoms with Gasteiger partial charge in [0.15, 0.2) is 0 Å². The molecular formula is C16H29O2. The van der Waals surface area contributed by atoms with Gasteiger partial charge in [-0.25, -0.2) is 0 Å². The molecule has 18 heavy (non-hydrogen) atoms. The Morgan fingerprint density at radius 3 is 1.67 bits per heavy atom. The van der Waals surface area contributed by atoms with Gasteiger partial charge in [0.1, 0.15) is 6.10 Å². The molecule has 0 N–H and O–H groups in total. The number of rotatable bonds is 1. The van der Waals surface area contributed by atoms with Crippen LogP contribution in [0.25, 0.3) is 0 Å². The van der Waals surface area contributed by atoms with Crippen molar-refractivity contribution in [1.82, 2.24) is 0 Å². The van der Waals surface area contributed by atoms with Crippen molar-refractivity contribution < 1.29 is 9.53 Å². The molecule has 0 bridgehead atoms. The quantitative estimate of drug-likeness (QED) is 0.653. The van der Waals surface area contributed by atoms with E-state index in [2.05, 4.69) is 48.5 Å². The zero-order chi connectivity index (χ0) is 14.1. The van der Waals surface area contributed by atoms with Crippen LogP contribution in [0.5, 0.6) is 0 Å². The molecule has 105 valence electrons. The van der Waals surface area contributed by atoms with Crippen LogP contribution in [-0.2, 0) is 9.53 Å². The first-order chi connectivity index (χ1) is 8.03. The van der Waals surface area contributed by atoms with Crippen LogP contribution in [-0.4, -0.2) is 12.1 Å². The lowest BCUT2D eigenvalue weighted by atomic mass is 9.61. The maximum absolute atomic E-state index is 11.3. The molecule has 1 saturated carbocycles. The highest BCUT2D eigenvalue weighted by molar-refractivity contribution is 5.74. The van der Waals surface area contributed by atoms with Gasteiger partial charge in [0, 0.05) is 11.8 Å². The van der Waals surface area contributed by atoms with Gasteiger partial charge < -0.3 is 4.74 Å². The second-order valence-electron chi connectivity index (χ2n) is 7.83. The van der Waals surface area contributed by atoms with Crippen molar-refractivity contribution in [3.05, 3.63) is 6.92 Å². The van der Waals surface area contributed by atoms with Crippen molar-refractivity contribution >= 4 is 5.97 Å². The summed E-state index contributed by atoms with van der Waals surface area (Å²) in [6.07, 6.45) is 3.54. The van der Waals surface area contributed by atoms with Gasteiger partial charge >= 0.3 is 5.97 Å². The Hall–Kier alpha value is -0.530. The van der Waals surface area contributed by atoms with Gasteiger partial charge in [-0.1, -0.05) is 48.0 Å². The summed E-state index contributed by atoms with van der Waals surface area (Å²) in [6, 6.07) is 0. The number of hydrogen-bond donors (Lipinski definition) is 0. The number of esters is 1. The molecule has 1 aliphatic carbocycles. The Morgan fingerprint density at radius 1 is 1.00 bits per heavy atom. The van der Waals surface area contributed by atoms with E-state index in [1.54, 1.807) is 0 Å². The zero-order valence-corrected chi connectivity index (χ0v) is 12.9. The van der Waals surface area contributed by atoms with Crippen LogP contribution in [0.4, 0.5) is 0 Å². The smallest absolute Gasteiger partial charge is 0.306 e. The molecular weight excluding hydrogens is 224 g/mol. The lowest BCUT2D eigenvalue weighted by Crippen LogP contribution is -2.47. The number of carbonyl (C=O) groups is 1. The zero-order valence-electron chi connectivity index (χ0n) is 12.9. The van der Waals surface area contributed by atoms with Gasteiger partial charge in [0.2, 0.25) is 0 Å². The third-order valence-electron chi connectivity index (χ3n) is 4.32. The van der Waals surface area contributed by atoms with Crippen molar-refractivity contribution in [2.24, 2.45) is 22.7 Å². The van der Waals surface area contributed by atoms with Crippen LogP contribution in [0.1, 0.15) is 60.8 Å². The Balaban J connectivity index is 3.01. The number of carbonyl (C=O) groups excluding carboxylic acids is 1. The summed E-state index contributed by atoms with van der Waals surface area (Å²) in [5.41, 5.74) is 0.341. The Morgan fingerprint density at radius 2 is 1.39 bits per heavy atom. The fourth-order valence-electron chi connectivity index (χ4n) is 3.33. The molecule has 2 heteroatoms. The van der Waals surface area contributed by atoms with Gasteiger partial charge in [0.25, 0.3) is 0 Å². The summed E-state index contributed by atoms with van der Waals surface area (Å²) in [5.74, 6) is 0.479. The Bertz CT molecular complexity index is 271. The normalized spacial score (nSPS) is 30.1. The molecule has 0 amide bonds. The monoisotopic (exact) mass is 253 g/mol. The molecule has 1 rings (SSSR count). The SMILES string of the molecule is [CH2]C(=O)OC1C(C(C)(C)C)CCCC1C(C)(C)C. The molecule has 0 heterocycles. The second-order valence-corrected chi connectivity index (χ2v) is 7.83. The van der Waals surface area contributed by atoms with Crippen LogP contribution >= 0.6 is 0 Å². The third kappa shape index (κ3) is 3.73. The molecule has 1 radical (unpaired) electrons. The lowest BCUT2D eigenvalue weighted by Gasteiger charge is -2.48. The molecule has 0 aliphatic heterocycles. The molecule has 0 aromatic carbocycles. The summed E-state index contributed by atoms with van der Waals surface area (Å²) in [5, 5.41) is 0. The highest BCUT2D eigenvalue weighted by Gasteiger charge is 2.45. The molecule has 2 nitrogen and oxygen atoms in total. The minimum absolute atomic E-state index is 0.0174. The van der Waals surface area contributed by atoms with Gasteiger partial charge in [-0.15, -0.1) is 0 Å². The van der Waals surface area contributed by atoms with Crippen LogP contribution in [0.2, 0.25) is 0 Å². The van der Waals surface area contributed by atoms with E-state index < -0.39 is 0 Å². The summed E-state index contributed by atoms with van der Waals surface area (Å²) in [6.45, 7) is 16.9. The first-order valence-electron chi connectivity index (χ1n) is 7.06. The lowest BCUT2D eigenvalue weighted by molar-refractivity contribution is -0.161. The molecule has 1 fully saturated rings. The van der Waals surface area contributed by atoms with E-state index in [0.29, 0.717) is 11.8 Å². The Kier molecular flexibility index (Phi) is 4.51. The van der Waals surface area contributed by atoms with E-state index >= 15 is 0 Å². The van der Waals surface area contributed by atoms with Gasteiger partial charge in [-0.05, 0) is 23.7 Å². The van der Waals surface area contributed by atoms with Gasteiger partial charge in [0.05, 0.1) is 6.92 Å². The van der Waals surface area contributed by atoms with Gasteiger partial charge in [-0.2, -0.15) is 0 Å². The maximum atomic E-state index is 11.3. The van der Waals surface area contributed by atoms with E-state index in [1.807, 2.05) is 0 Å². The molecule has 2 unspecified atom stereocenters. The summed E-state index contributed by atoms with van der Waals surface area (Å²) < 4.78 is 5.62. The van der Waals surface area contributed by atoms with E-state index in [-0.39, 0.29) is 22.9 Å². The van der Waals surface area contributed by atoms with E-state index in [1.165, 1.54) is 6.42 Å². The maximum Gasteiger partial charge on any atom is 0.306 e. The first-order valence-corrected chi connectivity index (χ1v) is 7.06. The van der Waals surface area contributed by atoms with Crippen LogP contribution in [0.3, 0.4) is 0 Å². The average molecular weight is 253 g/mol. The van der Waals surface area contributed by atoms with Crippen molar-refractivity contribution in [3.8, 4) is 0 Å². The van der Waals surface area contributed by atoms with E-state index in [0.717, 1.165) is 12.8 Å². The summed E-state index contributed by atoms with van der Waals surface area (Å²) >= 11 is 0. The van der Waals surface area contributed by atoms with Crippen molar-refractivity contribution in [1.29, 1.82) is 0 Å². The second kappa shape index (κ2) is 5.22. The minimum atomic E-state index is -0.384. The topological polar surface area (TPSA) is 26.3 Å². The highest BCUT2D eigenvalue weighted by atomic mass is 16.5. The average Bonchev–Trinajstić information content (AvgIpc) is 2.13. The van der Waals surface area contributed by atoms with Gasteiger partial charge in [-0.3, -0.25) is 4.79 Å². The summed E-state index contributed by atoms with van der Waals surface area (Å²) in [4.78, 5) is 11.3. The summed E-state index contributed by atoms with van der Waals surface area (Å²) in [7, 11) is 0. The predicted molar refractivity (Wildman–Crippen MR) is 75.0 cm³/mol. The standard InChI is InChI=1S/C16H29O2/c1-11(17)18-14-12(15(2,3)4)9-8-10-13(14)16(5,6)7/h12-14H,1,8-10H2,2-7H3. The highest BCUT2D eigenvalue weighted by Crippen LogP contribution is 2.47. The fourth-order valence-corrected chi connectivity index (χ4v) is 3.33. The minimum Gasteiger partial charge on any atom is -0.462 e. The Labute approximate surface area is 112 Å². The van der Waals surface area contributed by atoms with E-state index in [9.17, 15) is 4.79 Å². The molecule has 2 atom stereocenters. The van der Waals surface area contributed by atoms with Crippen molar-refractivity contribution in [2.45, 2.75) is 66.9 Å². The first kappa shape index (κ1) is 15.5. The predicted octanol–water partition coefficient (Wildman–Crippen LogP) is 4.24. The number of ether oxygens (including phenoxy) is 1. The van der Waals surface area contributed by atoms with Crippen LogP contribution < -0.4 is 0 Å². The molecule has 0 spiro atoms. The molecule has 1 aliphatic rings. The van der Waals surface area contributed by atoms with Crippen molar-refractivity contribution in [3.63, 3.8) is 0 Å². The number of hydrogen-bond acceptors (Lipinski definition) is 2. The largest absolute Gasteiger partial charge is 0.462 e.